The molecule has 0 aliphatic carbocycles. The molecule has 3 rings (SSSR count). The molecule has 28 heavy (non-hydrogen) atoms. The Labute approximate surface area is 172 Å². The minimum absolute atomic E-state index is 0.273. The Morgan fingerprint density at radius 2 is 1.64 bits per heavy atom. The highest BCUT2D eigenvalue weighted by Gasteiger charge is 2.21. The molecule has 0 aliphatic rings. The van der Waals surface area contributed by atoms with Gasteiger partial charge in [-0.15, -0.1) is 0 Å². The standard InChI is InChI=1S/C20H18Cl2N4O2/c1-25-12-18(20(28)23-10-14-2-6-16(21)7-3-14)19(24-25)26(13-27)11-15-4-8-17(22)9-5-15/h2-9,12-13H,10-11H2,1H3,(H,23,28). The Morgan fingerprint density at radius 3 is 2.21 bits per heavy atom. The lowest BCUT2D eigenvalue weighted by Gasteiger charge is -2.16. The Kier molecular flexibility index (Phi) is 6.34. The first-order valence-corrected chi connectivity index (χ1v) is 9.24. The molecule has 8 heteroatoms. The first-order chi connectivity index (χ1) is 13.5. The largest absolute Gasteiger partial charge is 0.348 e. The number of carbonyl (C=O) groups excluding carboxylic acids is 2. The summed E-state index contributed by atoms with van der Waals surface area (Å²) >= 11 is 11.8. The maximum Gasteiger partial charge on any atom is 0.256 e. The first-order valence-electron chi connectivity index (χ1n) is 8.49. The molecule has 1 aromatic heterocycles. The molecule has 0 unspecified atom stereocenters. The highest BCUT2D eigenvalue weighted by Crippen LogP contribution is 2.20. The smallest absolute Gasteiger partial charge is 0.256 e. The van der Waals surface area contributed by atoms with Crippen LogP contribution in [0.3, 0.4) is 0 Å². The molecule has 3 aromatic rings. The number of aryl methyl sites for hydroxylation is 1. The molecule has 0 saturated carbocycles. The monoisotopic (exact) mass is 416 g/mol. The average molecular weight is 417 g/mol. The number of aromatic nitrogens is 2. The summed E-state index contributed by atoms with van der Waals surface area (Å²) in [5.74, 6) is -0.0259. The number of nitrogens with zero attached hydrogens (tertiary/aromatic N) is 3. The summed E-state index contributed by atoms with van der Waals surface area (Å²) in [6, 6.07) is 14.3. The second-order valence-corrected chi connectivity index (χ2v) is 7.08. The Balaban J connectivity index is 1.76. The quantitative estimate of drug-likeness (QED) is 0.595. The van der Waals surface area contributed by atoms with Crippen molar-refractivity contribution >= 4 is 41.3 Å². The van der Waals surface area contributed by atoms with E-state index in [0.29, 0.717) is 34.4 Å². The summed E-state index contributed by atoms with van der Waals surface area (Å²) in [6.45, 7) is 0.609. The lowest BCUT2D eigenvalue weighted by Crippen LogP contribution is -2.27. The molecule has 1 heterocycles. The Hall–Kier alpha value is -2.83. The molecule has 2 amide bonds. The second kappa shape index (κ2) is 8.91. The van der Waals surface area contributed by atoms with Crippen molar-refractivity contribution in [2.45, 2.75) is 13.1 Å². The van der Waals surface area contributed by atoms with Gasteiger partial charge in [-0.3, -0.25) is 19.2 Å². The van der Waals surface area contributed by atoms with Crippen LogP contribution in [0, 0.1) is 0 Å². The maximum absolute atomic E-state index is 12.7. The number of anilines is 1. The van der Waals surface area contributed by atoms with Crippen molar-refractivity contribution in [2.24, 2.45) is 7.05 Å². The van der Waals surface area contributed by atoms with Crippen LogP contribution >= 0.6 is 23.2 Å². The summed E-state index contributed by atoms with van der Waals surface area (Å²) in [5.41, 5.74) is 2.10. The van der Waals surface area contributed by atoms with E-state index in [1.54, 1.807) is 37.5 Å². The van der Waals surface area contributed by atoms with Gasteiger partial charge in [0.25, 0.3) is 5.91 Å². The van der Waals surface area contributed by atoms with Gasteiger partial charge in [0.2, 0.25) is 6.41 Å². The van der Waals surface area contributed by atoms with Crippen LogP contribution in [-0.4, -0.2) is 22.1 Å². The molecule has 0 atom stereocenters. The zero-order valence-corrected chi connectivity index (χ0v) is 16.6. The van der Waals surface area contributed by atoms with Gasteiger partial charge in [0.1, 0.15) is 5.56 Å². The van der Waals surface area contributed by atoms with E-state index in [0.717, 1.165) is 11.1 Å². The zero-order valence-electron chi connectivity index (χ0n) is 15.1. The zero-order chi connectivity index (χ0) is 20.1. The Bertz CT molecular complexity index is 969. The molecule has 0 bridgehead atoms. The molecule has 0 fully saturated rings. The predicted molar refractivity (Wildman–Crippen MR) is 110 cm³/mol. The van der Waals surface area contributed by atoms with E-state index in [4.69, 9.17) is 23.2 Å². The summed E-state index contributed by atoms with van der Waals surface area (Å²) in [7, 11) is 1.70. The van der Waals surface area contributed by atoms with Crippen molar-refractivity contribution < 1.29 is 9.59 Å². The van der Waals surface area contributed by atoms with Gasteiger partial charge in [-0.25, -0.2) is 0 Å². The number of rotatable bonds is 7. The van der Waals surface area contributed by atoms with Gasteiger partial charge in [-0.1, -0.05) is 47.5 Å². The average Bonchev–Trinajstić information content (AvgIpc) is 3.08. The molecule has 1 N–H and O–H groups in total. The Morgan fingerprint density at radius 1 is 1.07 bits per heavy atom. The third-order valence-corrected chi connectivity index (χ3v) is 4.59. The maximum atomic E-state index is 12.7. The molecule has 0 radical (unpaired) electrons. The van der Waals surface area contributed by atoms with E-state index >= 15 is 0 Å². The van der Waals surface area contributed by atoms with Gasteiger partial charge in [-0.05, 0) is 35.4 Å². The number of hydrogen-bond donors (Lipinski definition) is 1. The van der Waals surface area contributed by atoms with E-state index < -0.39 is 0 Å². The molecule has 0 saturated heterocycles. The van der Waals surface area contributed by atoms with Crippen molar-refractivity contribution in [2.75, 3.05) is 4.90 Å². The van der Waals surface area contributed by atoms with E-state index in [2.05, 4.69) is 10.4 Å². The van der Waals surface area contributed by atoms with Gasteiger partial charge in [0.15, 0.2) is 5.82 Å². The minimum Gasteiger partial charge on any atom is -0.348 e. The van der Waals surface area contributed by atoms with E-state index in [1.807, 2.05) is 24.3 Å². The van der Waals surface area contributed by atoms with Gasteiger partial charge >= 0.3 is 0 Å². The highest BCUT2D eigenvalue weighted by atomic mass is 35.5. The summed E-state index contributed by atoms with van der Waals surface area (Å²) in [4.78, 5) is 25.8. The van der Waals surface area contributed by atoms with Crippen LogP contribution in [0.1, 0.15) is 21.5 Å². The number of benzene rings is 2. The topological polar surface area (TPSA) is 67.2 Å². The fraction of sp³-hybridized carbons (Fsp3) is 0.150. The van der Waals surface area contributed by atoms with Crippen molar-refractivity contribution in [1.82, 2.24) is 15.1 Å². The summed E-state index contributed by atoms with van der Waals surface area (Å²) < 4.78 is 1.50. The van der Waals surface area contributed by atoms with Crippen LogP contribution in [0.25, 0.3) is 0 Å². The summed E-state index contributed by atoms with van der Waals surface area (Å²) in [5, 5.41) is 8.38. The molecular weight excluding hydrogens is 399 g/mol. The van der Waals surface area contributed by atoms with Crippen LogP contribution in [0.2, 0.25) is 10.0 Å². The minimum atomic E-state index is -0.319. The second-order valence-electron chi connectivity index (χ2n) is 6.21. The van der Waals surface area contributed by atoms with Gasteiger partial charge in [-0.2, -0.15) is 5.10 Å². The van der Waals surface area contributed by atoms with Crippen molar-refractivity contribution in [3.63, 3.8) is 0 Å². The lowest BCUT2D eigenvalue weighted by molar-refractivity contribution is -0.107. The molecule has 2 aromatic carbocycles. The van der Waals surface area contributed by atoms with E-state index in [1.165, 1.54) is 9.58 Å². The van der Waals surface area contributed by atoms with Crippen LogP contribution in [0.4, 0.5) is 5.82 Å². The molecule has 0 spiro atoms. The first kappa shape index (κ1) is 19.9. The third-order valence-electron chi connectivity index (χ3n) is 4.09. The normalized spacial score (nSPS) is 10.5. The van der Waals surface area contributed by atoms with Gasteiger partial charge in [0.05, 0.1) is 6.54 Å². The lowest BCUT2D eigenvalue weighted by atomic mass is 10.2. The van der Waals surface area contributed by atoms with E-state index in [-0.39, 0.29) is 12.5 Å². The number of amides is 2. The van der Waals surface area contributed by atoms with Crippen LogP contribution in [-0.2, 0) is 24.9 Å². The number of halogens is 2. The predicted octanol–water partition coefficient (Wildman–Crippen LogP) is 3.82. The number of carbonyl (C=O) groups is 2. The van der Waals surface area contributed by atoms with Crippen molar-refractivity contribution in [3.05, 3.63) is 81.5 Å². The van der Waals surface area contributed by atoms with Crippen LogP contribution < -0.4 is 10.2 Å². The number of hydrogen-bond acceptors (Lipinski definition) is 3. The third kappa shape index (κ3) is 4.91. The number of nitrogens with one attached hydrogen (secondary N) is 1. The van der Waals surface area contributed by atoms with E-state index in [9.17, 15) is 9.59 Å². The fourth-order valence-corrected chi connectivity index (χ4v) is 2.93. The molecular formula is C20H18Cl2N4O2. The summed E-state index contributed by atoms with van der Waals surface area (Å²) in [6.07, 6.45) is 2.25. The van der Waals surface area contributed by atoms with Gasteiger partial charge in [0, 0.05) is 29.8 Å². The van der Waals surface area contributed by atoms with Crippen LogP contribution in [0.15, 0.2) is 54.7 Å². The molecule has 144 valence electrons. The van der Waals surface area contributed by atoms with Crippen molar-refractivity contribution in [3.8, 4) is 0 Å². The van der Waals surface area contributed by atoms with Crippen LogP contribution in [0.5, 0.6) is 0 Å². The van der Waals surface area contributed by atoms with Gasteiger partial charge < -0.3 is 5.32 Å². The fourth-order valence-electron chi connectivity index (χ4n) is 2.68. The SMILES string of the molecule is Cn1cc(C(=O)NCc2ccc(Cl)cc2)c(N(C=O)Cc2ccc(Cl)cc2)n1. The molecule has 0 aliphatic heterocycles. The highest BCUT2D eigenvalue weighted by molar-refractivity contribution is 6.30. The van der Waals surface area contributed by atoms with Crippen molar-refractivity contribution in [1.29, 1.82) is 0 Å². The molecule has 6 nitrogen and oxygen atoms in total.